The first-order chi connectivity index (χ1) is 6.91. The van der Waals surface area contributed by atoms with E-state index in [2.05, 4.69) is 34.6 Å². The molecule has 2 heteroatoms. The molecule has 0 amide bonds. The quantitative estimate of drug-likeness (QED) is 0.755. The van der Waals surface area contributed by atoms with Gasteiger partial charge in [-0.3, -0.25) is 0 Å². The van der Waals surface area contributed by atoms with Gasteiger partial charge in [0.15, 0.2) is 0 Å². The van der Waals surface area contributed by atoms with Crippen molar-refractivity contribution in [3.05, 3.63) is 22.3 Å². The molecule has 0 fully saturated rings. The molecule has 0 saturated carbocycles. The van der Waals surface area contributed by atoms with Crippen molar-refractivity contribution in [3.8, 4) is 5.75 Å². The number of nitrogens with two attached hydrogens (primary N) is 1. The van der Waals surface area contributed by atoms with Gasteiger partial charge in [-0.1, -0.05) is 13.8 Å². The van der Waals surface area contributed by atoms with Crippen LogP contribution in [0.15, 0.2) is 0 Å². The van der Waals surface area contributed by atoms with Crippen LogP contribution in [-0.4, -0.2) is 7.11 Å². The molecule has 0 spiro atoms. The standard InChI is InChI=1S/C13H21NO/c1-7(2)11-12(14)9(4)8(3)10(5)13(11)15-6/h7H,14H2,1-6H3. The maximum Gasteiger partial charge on any atom is 0.127 e. The van der Waals surface area contributed by atoms with Crippen LogP contribution in [0.3, 0.4) is 0 Å². The second kappa shape index (κ2) is 4.13. The average Bonchev–Trinajstić information content (AvgIpc) is 2.19. The molecule has 2 nitrogen and oxygen atoms in total. The van der Waals surface area contributed by atoms with E-state index < -0.39 is 0 Å². The number of nitrogen functional groups attached to an aromatic ring is 1. The van der Waals surface area contributed by atoms with E-state index in [-0.39, 0.29) is 0 Å². The van der Waals surface area contributed by atoms with Crippen LogP contribution in [0.1, 0.15) is 42.0 Å². The van der Waals surface area contributed by atoms with Crippen LogP contribution in [0.4, 0.5) is 5.69 Å². The lowest BCUT2D eigenvalue weighted by Gasteiger charge is -2.21. The number of ether oxygens (including phenoxy) is 1. The Balaban J connectivity index is 3.62. The van der Waals surface area contributed by atoms with Crippen molar-refractivity contribution in [1.82, 2.24) is 0 Å². The molecule has 0 bridgehead atoms. The fraction of sp³-hybridized carbons (Fsp3) is 0.538. The fourth-order valence-electron chi connectivity index (χ4n) is 2.02. The topological polar surface area (TPSA) is 35.2 Å². The van der Waals surface area contributed by atoms with Crippen LogP contribution >= 0.6 is 0 Å². The molecule has 0 atom stereocenters. The summed E-state index contributed by atoms with van der Waals surface area (Å²) in [7, 11) is 1.71. The molecule has 0 aromatic heterocycles. The molecule has 0 aliphatic carbocycles. The number of hydrogen-bond donors (Lipinski definition) is 1. The Bertz CT molecular complexity index is 381. The van der Waals surface area contributed by atoms with Crippen LogP contribution in [0.2, 0.25) is 0 Å². The Kier molecular flexibility index (Phi) is 3.28. The van der Waals surface area contributed by atoms with Crippen molar-refractivity contribution in [1.29, 1.82) is 0 Å². The van der Waals surface area contributed by atoms with E-state index in [1.54, 1.807) is 7.11 Å². The monoisotopic (exact) mass is 207 g/mol. The predicted molar refractivity (Wildman–Crippen MR) is 65.7 cm³/mol. The summed E-state index contributed by atoms with van der Waals surface area (Å²) in [6, 6.07) is 0. The Labute approximate surface area is 92.4 Å². The van der Waals surface area contributed by atoms with Crippen LogP contribution in [0.5, 0.6) is 5.75 Å². The van der Waals surface area contributed by atoms with Crippen molar-refractivity contribution in [3.63, 3.8) is 0 Å². The SMILES string of the molecule is COc1c(C)c(C)c(C)c(N)c1C(C)C. The van der Waals surface area contributed by atoms with Gasteiger partial charge in [0.25, 0.3) is 0 Å². The van der Waals surface area contributed by atoms with E-state index in [4.69, 9.17) is 10.5 Å². The van der Waals surface area contributed by atoms with Crippen LogP contribution in [0.25, 0.3) is 0 Å². The Hall–Kier alpha value is -1.18. The van der Waals surface area contributed by atoms with Gasteiger partial charge >= 0.3 is 0 Å². The number of anilines is 1. The molecule has 15 heavy (non-hydrogen) atoms. The lowest BCUT2D eigenvalue weighted by molar-refractivity contribution is 0.404. The Morgan fingerprint density at radius 3 is 1.93 bits per heavy atom. The molecule has 0 heterocycles. The van der Waals surface area contributed by atoms with E-state index in [1.807, 2.05) is 0 Å². The second-order valence-corrected chi connectivity index (χ2v) is 4.39. The third-order valence-corrected chi connectivity index (χ3v) is 3.19. The highest BCUT2D eigenvalue weighted by Gasteiger charge is 2.18. The highest BCUT2D eigenvalue weighted by molar-refractivity contribution is 5.66. The van der Waals surface area contributed by atoms with Crippen molar-refractivity contribution >= 4 is 5.69 Å². The maximum absolute atomic E-state index is 6.15. The molecule has 0 saturated heterocycles. The van der Waals surface area contributed by atoms with Gasteiger partial charge in [0.05, 0.1) is 7.11 Å². The molecule has 0 unspecified atom stereocenters. The number of methoxy groups -OCH3 is 1. The van der Waals surface area contributed by atoms with Gasteiger partial charge < -0.3 is 10.5 Å². The average molecular weight is 207 g/mol. The van der Waals surface area contributed by atoms with Gasteiger partial charge in [-0.05, 0) is 43.4 Å². The molecule has 0 aliphatic heterocycles. The molecular formula is C13H21NO. The third-order valence-electron chi connectivity index (χ3n) is 3.19. The number of rotatable bonds is 2. The number of hydrogen-bond acceptors (Lipinski definition) is 2. The van der Waals surface area contributed by atoms with Gasteiger partial charge in [-0.25, -0.2) is 0 Å². The molecule has 84 valence electrons. The summed E-state index contributed by atoms with van der Waals surface area (Å²) in [6.45, 7) is 10.5. The summed E-state index contributed by atoms with van der Waals surface area (Å²) in [5, 5.41) is 0. The molecule has 1 aromatic rings. The zero-order valence-electron chi connectivity index (χ0n) is 10.6. The van der Waals surface area contributed by atoms with Gasteiger partial charge in [0, 0.05) is 11.3 Å². The minimum atomic E-state index is 0.387. The van der Waals surface area contributed by atoms with E-state index in [0.29, 0.717) is 5.92 Å². The lowest BCUT2D eigenvalue weighted by atomic mass is 9.91. The van der Waals surface area contributed by atoms with Crippen LogP contribution in [0, 0.1) is 20.8 Å². The molecule has 0 radical (unpaired) electrons. The first-order valence-electron chi connectivity index (χ1n) is 5.34. The van der Waals surface area contributed by atoms with Crippen LogP contribution in [-0.2, 0) is 0 Å². The summed E-state index contributed by atoms with van der Waals surface area (Å²) in [5.74, 6) is 1.34. The summed E-state index contributed by atoms with van der Waals surface area (Å²) in [5.41, 5.74) is 11.8. The first-order valence-corrected chi connectivity index (χ1v) is 5.34. The summed E-state index contributed by atoms with van der Waals surface area (Å²) >= 11 is 0. The van der Waals surface area contributed by atoms with Crippen molar-refractivity contribution in [2.24, 2.45) is 0 Å². The van der Waals surface area contributed by atoms with Gasteiger partial charge in [-0.15, -0.1) is 0 Å². The molecule has 2 N–H and O–H groups in total. The van der Waals surface area contributed by atoms with Crippen molar-refractivity contribution in [2.45, 2.75) is 40.5 Å². The molecule has 0 aliphatic rings. The predicted octanol–water partition coefficient (Wildman–Crippen LogP) is 3.33. The minimum Gasteiger partial charge on any atom is -0.496 e. The highest BCUT2D eigenvalue weighted by Crippen LogP contribution is 2.39. The van der Waals surface area contributed by atoms with Crippen molar-refractivity contribution in [2.75, 3.05) is 12.8 Å². The van der Waals surface area contributed by atoms with E-state index in [0.717, 1.165) is 17.0 Å². The highest BCUT2D eigenvalue weighted by atomic mass is 16.5. The molecule has 1 rings (SSSR count). The second-order valence-electron chi connectivity index (χ2n) is 4.39. The van der Waals surface area contributed by atoms with Gasteiger partial charge in [0.2, 0.25) is 0 Å². The smallest absolute Gasteiger partial charge is 0.127 e. The zero-order valence-corrected chi connectivity index (χ0v) is 10.6. The summed E-state index contributed by atoms with van der Waals surface area (Å²) in [6.07, 6.45) is 0. The van der Waals surface area contributed by atoms with E-state index in [1.165, 1.54) is 16.7 Å². The third kappa shape index (κ3) is 1.81. The number of benzene rings is 1. The van der Waals surface area contributed by atoms with Crippen molar-refractivity contribution < 1.29 is 4.74 Å². The lowest BCUT2D eigenvalue weighted by Crippen LogP contribution is -2.06. The zero-order chi connectivity index (χ0) is 11.7. The Morgan fingerprint density at radius 1 is 1.00 bits per heavy atom. The summed E-state index contributed by atoms with van der Waals surface area (Å²) in [4.78, 5) is 0. The minimum absolute atomic E-state index is 0.387. The first kappa shape index (κ1) is 11.9. The van der Waals surface area contributed by atoms with E-state index in [9.17, 15) is 0 Å². The van der Waals surface area contributed by atoms with E-state index >= 15 is 0 Å². The summed E-state index contributed by atoms with van der Waals surface area (Å²) < 4.78 is 5.47. The maximum atomic E-state index is 6.15. The normalized spacial score (nSPS) is 10.9. The van der Waals surface area contributed by atoms with Gasteiger partial charge in [-0.2, -0.15) is 0 Å². The molecular weight excluding hydrogens is 186 g/mol. The van der Waals surface area contributed by atoms with Gasteiger partial charge in [0.1, 0.15) is 5.75 Å². The largest absolute Gasteiger partial charge is 0.496 e. The molecule has 1 aromatic carbocycles. The fourth-order valence-corrected chi connectivity index (χ4v) is 2.02. The van der Waals surface area contributed by atoms with Crippen LogP contribution < -0.4 is 10.5 Å². The Morgan fingerprint density at radius 2 is 1.53 bits per heavy atom.